The van der Waals surface area contributed by atoms with Crippen molar-refractivity contribution in [3.8, 4) is 0 Å². The lowest BCUT2D eigenvalue weighted by atomic mass is 9.72. The fraction of sp³-hybridized carbons (Fsp3) is 0.900. The third kappa shape index (κ3) is 3.84. The maximum absolute atomic E-state index is 10.7. The van der Waals surface area contributed by atoms with Crippen LogP contribution in [0.15, 0.2) is 0 Å². The van der Waals surface area contributed by atoms with Gasteiger partial charge in [-0.1, -0.05) is 19.3 Å². The van der Waals surface area contributed by atoms with Crippen LogP contribution in [-0.2, 0) is 4.79 Å². The van der Waals surface area contributed by atoms with E-state index < -0.39 is 5.97 Å². The molecular weight excluding hydrogens is 202 g/mol. The van der Waals surface area contributed by atoms with E-state index in [-0.39, 0.29) is 17.8 Å². The molecule has 0 aromatic heterocycles. The van der Waals surface area contributed by atoms with Gasteiger partial charge in [0.1, 0.15) is 0 Å². The Bertz CT molecular complexity index is 173. The smallest absolute Gasteiger partial charge is 0.303 e. The fourth-order valence-electron chi connectivity index (χ4n) is 2.41. The lowest BCUT2D eigenvalue weighted by molar-refractivity contribution is -0.140. The van der Waals surface area contributed by atoms with Crippen LogP contribution in [-0.4, -0.2) is 24.7 Å². The molecule has 0 saturated heterocycles. The molecule has 2 N–H and O–H groups in total. The third-order valence-corrected chi connectivity index (χ3v) is 2.99. The highest BCUT2D eigenvalue weighted by Gasteiger charge is 2.33. The number of nitrogens with one attached hydrogen (secondary N) is 1. The standard InChI is InChI=1S/C10H19NO2.ClH/c1-11-8-10(7-9(12)13)5-3-2-4-6-10;/h11H,2-8H2,1H3,(H,12,13);1H. The van der Waals surface area contributed by atoms with Gasteiger partial charge >= 0.3 is 5.97 Å². The van der Waals surface area contributed by atoms with Gasteiger partial charge in [-0.05, 0) is 25.3 Å². The molecule has 1 aliphatic rings. The van der Waals surface area contributed by atoms with E-state index in [1.807, 2.05) is 7.05 Å². The summed E-state index contributed by atoms with van der Waals surface area (Å²) in [6, 6.07) is 0. The SMILES string of the molecule is CNCC1(CC(=O)O)CCCCC1.Cl. The summed E-state index contributed by atoms with van der Waals surface area (Å²) in [5.74, 6) is -0.655. The maximum Gasteiger partial charge on any atom is 0.303 e. The molecule has 0 unspecified atom stereocenters. The van der Waals surface area contributed by atoms with Crippen LogP contribution in [0.3, 0.4) is 0 Å². The average Bonchev–Trinajstić information content (AvgIpc) is 2.04. The first-order valence-electron chi connectivity index (χ1n) is 5.05. The number of aliphatic carboxylic acids is 1. The summed E-state index contributed by atoms with van der Waals surface area (Å²) in [6.07, 6.45) is 6.11. The number of halogens is 1. The second-order valence-corrected chi connectivity index (χ2v) is 4.16. The average molecular weight is 222 g/mol. The van der Waals surface area contributed by atoms with Gasteiger partial charge in [0.2, 0.25) is 0 Å². The predicted molar refractivity (Wildman–Crippen MR) is 58.9 cm³/mol. The van der Waals surface area contributed by atoms with Gasteiger partial charge in [-0.25, -0.2) is 0 Å². The molecule has 0 aliphatic heterocycles. The summed E-state index contributed by atoms with van der Waals surface area (Å²) >= 11 is 0. The molecule has 1 aliphatic carbocycles. The molecule has 0 aromatic rings. The van der Waals surface area contributed by atoms with E-state index in [1.165, 1.54) is 19.3 Å². The van der Waals surface area contributed by atoms with E-state index >= 15 is 0 Å². The third-order valence-electron chi connectivity index (χ3n) is 2.99. The minimum atomic E-state index is -0.655. The van der Waals surface area contributed by atoms with Gasteiger partial charge in [0.05, 0.1) is 6.42 Å². The molecule has 0 spiro atoms. The number of rotatable bonds is 4. The molecule has 0 amide bonds. The monoisotopic (exact) mass is 221 g/mol. The van der Waals surface area contributed by atoms with E-state index in [9.17, 15) is 4.79 Å². The van der Waals surface area contributed by atoms with E-state index in [4.69, 9.17) is 5.11 Å². The van der Waals surface area contributed by atoms with Gasteiger partial charge in [-0.2, -0.15) is 0 Å². The van der Waals surface area contributed by atoms with Crippen LogP contribution in [0.5, 0.6) is 0 Å². The molecule has 0 radical (unpaired) electrons. The van der Waals surface area contributed by atoms with Crippen molar-refractivity contribution < 1.29 is 9.90 Å². The van der Waals surface area contributed by atoms with Crippen LogP contribution < -0.4 is 5.32 Å². The first kappa shape index (κ1) is 13.7. The zero-order chi connectivity index (χ0) is 9.73. The Morgan fingerprint density at radius 2 is 1.93 bits per heavy atom. The van der Waals surface area contributed by atoms with Gasteiger partial charge in [0.25, 0.3) is 0 Å². The molecule has 14 heavy (non-hydrogen) atoms. The largest absolute Gasteiger partial charge is 0.481 e. The lowest BCUT2D eigenvalue weighted by Crippen LogP contribution is -2.36. The van der Waals surface area contributed by atoms with Crippen LogP contribution in [0.2, 0.25) is 0 Å². The molecule has 0 aromatic carbocycles. The maximum atomic E-state index is 10.7. The van der Waals surface area contributed by atoms with Crippen molar-refractivity contribution in [3.05, 3.63) is 0 Å². The zero-order valence-electron chi connectivity index (χ0n) is 8.71. The molecule has 1 rings (SSSR count). The van der Waals surface area contributed by atoms with Crippen molar-refractivity contribution in [1.29, 1.82) is 0 Å². The van der Waals surface area contributed by atoms with E-state index in [1.54, 1.807) is 0 Å². The normalized spacial score (nSPS) is 19.8. The molecule has 0 atom stereocenters. The Hall–Kier alpha value is -0.280. The summed E-state index contributed by atoms with van der Waals surface area (Å²) in [6.45, 7) is 0.847. The summed E-state index contributed by atoms with van der Waals surface area (Å²) in [5.41, 5.74) is 0.0405. The van der Waals surface area contributed by atoms with Crippen molar-refractivity contribution in [3.63, 3.8) is 0 Å². The van der Waals surface area contributed by atoms with Crippen LogP contribution >= 0.6 is 12.4 Å². The van der Waals surface area contributed by atoms with E-state index in [0.717, 1.165) is 19.4 Å². The highest BCUT2D eigenvalue weighted by atomic mass is 35.5. The molecule has 0 heterocycles. The second kappa shape index (κ2) is 6.25. The fourth-order valence-corrected chi connectivity index (χ4v) is 2.41. The quantitative estimate of drug-likeness (QED) is 0.764. The van der Waals surface area contributed by atoms with Crippen LogP contribution in [0.4, 0.5) is 0 Å². The van der Waals surface area contributed by atoms with Crippen molar-refractivity contribution >= 4 is 18.4 Å². The lowest BCUT2D eigenvalue weighted by Gasteiger charge is -2.35. The van der Waals surface area contributed by atoms with Gasteiger partial charge in [0.15, 0.2) is 0 Å². The van der Waals surface area contributed by atoms with Gasteiger partial charge in [-0.15, -0.1) is 12.4 Å². The Morgan fingerprint density at radius 3 is 2.36 bits per heavy atom. The summed E-state index contributed by atoms with van der Waals surface area (Å²) in [4.78, 5) is 10.7. The second-order valence-electron chi connectivity index (χ2n) is 4.16. The minimum absolute atomic E-state index is 0. The Balaban J connectivity index is 0.00000169. The minimum Gasteiger partial charge on any atom is -0.481 e. The molecular formula is C10H20ClNO2. The van der Waals surface area contributed by atoms with E-state index in [0.29, 0.717) is 6.42 Å². The Labute approximate surface area is 91.7 Å². The summed E-state index contributed by atoms with van der Waals surface area (Å²) < 4.78 is 0. The van der Waals surface area contributed by atoms with Gasteiger partial charge in [-0.3, -0.25) is 4.79 Å². The first-order valence-corrected chi connectivity index (χ1v) is 5.05. The Morgan fingerprint density at radius 1 is 1.36 bits per heavy atom. The van der Waals surface area contributed by atoms with Gasteiger partial charge < -0.3 is 10.4 Å². The molecule has 0 bridgehead atoms. The van der Waals surface area contributed by atoms with Crippen LogP contribution in [0.1, 0.15) is 38.5 Å². The molecule has 3 nitrogen and oxygen atoms in total. The Kier molecular flexibility index (Phi) is 6.12. The van der Waals surface area contributed by atoms with Gasteiger partial charge in [0, 0.05) is 6.54 Å². The first-order chi connectivity index (χ1) is 6.18. The molecule has 4 heteroatoms. The summed E-state index contributed by atoms with van der Waals surface area (Å²) in [5, 5.41) is 12.0. The number of carboxylic acid groups (broad SMARTS) is 1. The van der Waals surface area contributed by atoms with Crippen LogP contribution in [0.25, 0.3) is 0 Å². The summed E-state index contributed by atoms with van der Waals surface area (Å²) in [7, 11) is 1.90. The molecule has 1 fully saturated rings. The zero-order valence-corrected chi connectivity index (χ0v) is 9.53. The topological polar surface area (TPSA) is 49.3 Å². The predicted octanol–water partition coefficient (Wildman–Crippen LogP) is 2.05. The van der Waals surface area contributed by atoms with Crippen LogP contribution in [0, 0.1) is 5.41 Å². The highest BCUT2D eigenvalue weighted by molar-refractivity contribution is 5.85. The molecule has 1 saturated carbocycles. The number of carbonyl (C=O) groups is 1. The number of hydrogen-bond acceptors (Lipinski definition) is 2. The van der Waals surface area contributed by atoms with Crippen molar-refractivity contribution in [2.75, 3.05) is 13.6 Å². The number of carboxylic acids is 1. The molecule has 84 valence electrons. The van der Waals surface area contributed by atoms with E-state index in [2.05, 4.69) is 5.32 Å². The number of hydrogen-bond donors (Lipinski definition) is 2. The van der Waals surface area contributed by atoms with Crippen molar-refractivity contribution in [1.82, 2.24) is 5.32 Å². The van der Waals surface area contributed by atoms with Crippen molar-refractivity contribution in [2.24, 2.45) is 5.41 Å². The highest BCUT2D eigenvalue weighted by Crippen LogP contribution is 2.38. The van der Waals surface area contributed by atoms with Crippen molar-refractivity contribution in [2.45, 2.75) is 38.5 Å².